The lowest BCUT2D eigenvalue weighted by atomic mass is 10.1. The second-order valence-electron chi connectivity index (χ2n) is 7.59. The van der Waals surface area contributed by atoms with Crippen molar-refractivity contribution in [1.82, 2.24) is 10.2 Å². The molecular formula is C23H29Cl2N3O4S. The Morgan fingerprint density at radius 3 is 2.27 bits per heavy atom. The Kier molecular flexibility index (Phi) is 10.0. The Morgan fingerprint density at radius 1 is 1.06 bits per heavy atom. The van der Waals surface area contributed by atoms with E-state index in [4.69, 9.17) is 23.2 Å². The first-order valence-corrected chi connectivity index (χ1v) is 13.2. The predicted octanol–water partition coefficient (Wildman–Crippen LogP) is 4.09. The molecular weight excluding hydrogens is 485 g/mol. The summed E-state index contributed by atoms with van der Waals surface area (Å²) in [6, 6.07) is 12.8. The molecule has 1 atom stereocenters. The maximum absolute atomic E-state index is 13.5. The Hall–Kier alpha value is -2.29. The van der Waals surface area contributed by atoms with E-state index in [9.17, 15) is 18.0 Å². The second-order valence-corrected chi connectivity index (χ2v) is 10.3. The maximum Gasteiger partial charge on any atom is 0.244 e. The summed E-state index contributed by atoms with van der Waals surface area (Å²) in [4.78, 5) is 27.8. The summed E-state index contributed by atoms with van der Waals surface area (Å²) in [5, 5.41) is 3.28. The lowest BCUT2D eigenvalue weighted by molar-refractivity contribution is -0.140. The van der Waals surface area contributed by atoms with E-state index in [0.717, 1.165) is 22.5 Å². The van der Waals surface area contributed by atoms with Crippen LogP contribution in [0.15, 0.2) is 48.5 Å². The van der Waals surface area contributed by atoms with Gasteiger partial charge in [0.2, 0.25) is 21.8 Å². The van der Waals surface area contributed by atoms with Crippen molar-refractivity contribution in [3.05, 3.63) is 64.1 Å². The van der Waals surface area contributed by atoms with Gasteiger partial charge in [-0.3, -0.25) is 13.9 Å². The van der Waals surface area contributed by atoms with Gasteiger partial charge < -0.3 is 10.2 Å². The topological polar surface area (TPSA) is 86.8 Å². The van der Waals surface area contributed by atoms with E-state index in [-0.39, 0.29) is 23.2 Å². The molecule has 0 spiro atoms. The van der Waals surface area contributed by atoms with E-state index in [1.807, 2.05) is 44.2 Å². The van der Waals surface area contributed by atoms with Crippen LogP contribution in [0.4, 0.5) is 5.69 Å². The second kappa shape index (κ2) is 12.3. The standard InChI is InChI=1S/C23H29Cl2N3O4S/c1-4-13-26-23(30)20(5-2)27(15-17-9-7-6-8-10-17)22(29)16-28(33(3,31)32)21-12-11-18(24)14-19(21)25/h6-12,14,20H,4-5,13,15-16H2,1-3H3,(H,26,30)/t20-/m1/s1. The first kappa shape index (κ1) is 27.0. The smallest absolute Gasteiger partial charge is 0.244 e. The van der Waals surface area contributed by atoms with Gasteiger partial charge >= 0.3 is 0 Å². The molecule has 1 N–H and O–H groups in total. The van der Waals surface area contributed by atoms with Crippen molar-refractivity contribution >= 4 is 50.7 Å². The number of amides is 2. The zero-order chi connectivity index (χ0) is 24.6. The summed E-state index contributed by atoms with van der Waals surface area (Å²) >= 11 is 12.2. The number of benzene rings is 2. The summed E-state index contributed by atoms with van der Waals surface area (Å²) in [6.07, 6.45) is 2.12. The Bertz CT molecular complexity index is 1060. The third-order valence-electron chi connectivity index (χ3n) is 4.99. The molecule has 2 amide bonds. The number of sulfonamides is 1. The predicted molar refractivity (Wildman–Crippen MR) is 133 cm³/mol. The molecule has 2 aromatic rings. The van der Waals surface area contributed by atoms with Crippen LogP contribution >= 0.6 is 23.2 Å². The molecule has 0 saturated heterocycles. The van der Waals surface area contributed by atoms with Crippen LogP contribution in [0.5, 0.6) is 0 Å². The van der Waals surface area contributed by atoms with Crippen molar-refractivity contribution in [1.29, 1.82) is 0 Å². The van der Waals surface area contributed by atoms with Gasteiger partial charge in [-0.05, 0) is 36.6 Å². The molecule has 10 heteroatoms. The zero-order valence-corrected chi connectivity index (χ0v) is 21.3. The number of rotatable bonds is 11. The first-order valence-electron chi connectivity index (χ1n) is 10.6. The monoisotopic (exact) mass is 513 g/mol. The summed E-state index contributed by atoms with van der Waals surface area (Å²) in [6.45, 7) is 3.88. The van der Waals surface area contributed by atoms with Gasteiger partial charge in [-0.2, -0.15) is 0 Å². The van der Waals surface area contributed by atoms with Crippen molar-refractivity contribution in [3.8, 4) is 0 Å². The average Bonchev–Trinajstić information content (AvgIpc) is 2.76. The highest BCUT2D eigenvalue weighted by molar-refractivity contribution is 7.92. The molecule has 0 saturated carbocycles. The third kappa shape index (κ3) is 7.62. The highest BCUT2D eigenvalue weighted by Gasteiger charge is 2.32. The van der Waals surface area contributed by atoms with Crippen molar-refractivity contribution in [2.75, 3.05) is 23.7 Å². The zero-order valence-electron chi connectivity index (χ0n) is 18.9. The van der Waals surface area contributed by atoms with Crippen LogP contribution in [0.3, 0.4) is 0 Å². The van der Waals surface area contributed by atoms with Crippen LogP contribution < -0.4 is 9.62 Å². The average molecular weight is 514 g/mol. The maximum atomic E-state index is 13.5. The summed E-state index contributed by atoms with van der Waals surface area (Å²) in [5.41, 5.74) is 0.961. The Balaban J connectivity index is 2.43. The van der Waals surface area contributed by atoms with Gasteiger partial charge in [0.15, 0.2) is 0 Å². The normalized spacial score (nSPS) is 12.2. The minimum absolute atomic E-state index is 0.100. The van der Waals surface area contributed by atoms with Crippen molar-refractivity contribution < 1.29 is 18.0 Å². The van der Waals surface area contributed by atoms with Crippen molar-refractivity contribution in [2.24, 2.45) is 0 Å². The van der Waals surface area contributed by atoms with Gasteiger partial charge in [-0.15, -0.1) is 0 Å². The van der Waals surface area contributed by atoms with Crippen LogP contribution in [0.25, 0.3) is 0 Å². The van der Waals surface area contributed by atoms with Gasteiger partial charge in [0, 0.05) is 18.1 Å². The summed E-state index contributed by atoms with van der Waals surface area (Å²) < 4.78 is 26.1. The number of hydrogen-bond acceptors (Lipinski definition) is 4. The fraction of sp³-hybridized carbons (Fsp3) is 0.391. The molecule has 2 rings (SSSR count). The molecule has 0 bridgehead atoms. The molecule has 0 heterocycles. The van der Waals surface area contributed by atoms with Crippen LogP contribution in [-0.2, 0) is 26.2 Å². The van der Waals surface area contributed by atoms with Gasteiger partial charge in [-0.1, -0.05) is 67.4 Å². The number of carbonyl (C=O) groups is 2. The number of anilines is 1. The van der Waals surface area contributed by atoms with E-state index >= 15 is 0 Å². The SMILES string of the molecule is CCCNC(=O)[C@@H](CC)N(Cc1ccccc1)C(=O)CN(c1ccc(Cl)cc1Cl)S(C)(=O)=O. The number of nitrogens with one attached hydrogen (secondary N) is 1. The quantitative estimate of drug-likeness (QED) is 0.490. The molecule has 0 aliphatic carbocycles. The van der Waals surface area contributed by atoms with Crippen molar-refractivity contribution in [2.45, 2.75) is 39.3 Å². The van der Waals surface area contributed by atoms with Crippen LogP contribution in [0.2, 0.25) is 10.0 Å². The number of halogens is 2. The van der Waals surface area contributed by atoms with E-state index in [1.165, 1.54) is 23.1 Å². The molecule has 33 heavy (non-hydrogen) atoms. The number of hydrogen-bond donors (Lipinski definition) is 1. The van der Waals surface area contributed by atoms with Gasteiger partial charge in [0.05, 0.1) is 17.0 Å². The molecule has 2 aromatic carbocycles. The molecule has 0 fully saturated rings. The largest absolute Gasteiger partial charge is 0.354 e. The lowest BCUT2D eigenvalue weighted by Crippen LogP contribution is -2.52. The highest BCUT2D eigenvalue weighted by atomic mass is 35.5. The van der Waals surface area contributed by atoms with Crippen LogP contribution in [0, 0.1) is 0 Å². The summed E-state index contributed by atoms with van der Waals surface area (Å²) in [7, 11) is -3.86. The Labute approximate surface area is 205 Å². The summed E-state index contributed by atoms with van der Waals surface area (Å²) in [5.74, 6) is -0.798. The first-order chi connectivity index (χ1) is 15.6. The van der Waals surface area contributed by atoms with Gasteiger partial charge in [0.1, 0.15) is 12.6 Å². The molecule has 0 aromatic heterocycles. The lowest BCUT2D eigenvalue weighted by Gasteiger charge is -2.33. The van der Waals surface area contributed by atoms with Crippen LogP contribution in [-0.4, -0.2) is 50.5 Å². The third-order valence-corrected chi connectivity index (χ3v) is 6.65. The van der Waals surface area contributed by atoms with E-state index in [0.29, 0.717) is 18.0 Å². The molecule has 0 unspecified atom stereocenters. The molecule has 7 nitrogen and oxygen atoms in total. The number of nitrogens with zero attached hydrogens (tertiary/aromatic N) is 2. The molecule has 180 valence electrons. The van der Waals surface area contributed by atoms with Gasteiger partial charge in [0.25, 0.3) is 0 Å². The van der Waals surface area contributed by atoms with E-state index in [1.54, 1.807) is 0 Å². The minimum atomic E-state index is -3.86. The van der Waals surface area contributed by atoms with Crippen molar-refractivity contribution in [3.63, 3.8) is 0 Å². The molecule has 0 radical (unpaired) electrons. The van der Waals surface area contributed by atoms with E-state index in [2.05, 4.69) is 5.32 Å². The fourth-order valence-electron chi connectivity index (χ4n) is 3.34. The van der Waals surface area contributed by atoms with E-state index < -0.39 is 28.5 Å². The molecule has 0 aliphatic heterocycles. The Morgan fingerprint density at radius 2 is 1.73 bits per heavy atom. The highest BCUT2D eigenvalue weighted by Crippen LogP contribution is 2.30. The fourth-order valence-corrected chi connectivity index (χ4v) is 4.77. The molecule has 0 aliphatic rings. The van der Waals surface area contributed by atoms with Crippen LogP contribution in [0.1, 0.15) is 32.3 Å². The number of carbonyl (C=O) groups excluding carboxylic acids is 2. The minimum Gasteiger partial charge on any atom is -0.354 e. The van der Waals surface area contributed by atoms with Gasteiger partial charge in [-0.25, -0.2) is 8.42 Å².